The van der Waals surface area contributed by atoms with Crippen molar-refractivity contribution >= 4 is 16.7 Å². The van der Waals surface area contributed by atoms with Crippen LogP contribution in [0.15, 0.2) is 29.1 Å². The molecule has 1 aromatic carbocycles. The van der Waals surface area contributed by atoms with Crippen LogP contribution in [0.25, 0.3) is 10.8 Å². The normalized spacial score (nSPS) is 16.6. The maximum absolute atomic E-state index is 12.5. The van der Waals surface area contributed by atoms with Crippen molar-refractivity contribution in [2.45, 2.75) is 38.8 Å². The molecule has 1 unspecified atom stereocenters. The standard InChI is InChI=1S/C17H18N6O2/c1-10-19-21-15-7-6-11(9-23(10)15)18-16(24)8-14-12-4-2-3-5-13(12)17(25)22-20-14/h2-5,11H,6-9H2,1H3,(H,18,24)(H,22,25). The molecule has 3 aromatic rings. The van der Waals surface area contributed by atoms with E-state index in [0.29, 0.717) is 23.0 Å². The van der Waals surface area contributed by atoms with Crippen molar-refractivity contribution in [3.8, 4) is 0 Å². The van der Waals surface area contributed by atoms with Gasteiger partial charge in [0.25, 0.3) is 5.56 Å². The van der Waals surface area contributed by atoms with Crippen LogP contribution in [-0.2, 0) is 24.2 Å². The lowest BCUT2D eigenvalue weighted by molar-refractivity contribution is -0.121. The molecule has 8 heteroatoms. The summed E-state index contributed by atoms with van der Waals surface area (Å²) in [4.78, 5) is 24.3. The van der Waals surface area contributed by atoms with Crippen LogP contribution < -0.4 is 10.9 Å². The second-order valence-electron chi connectivity index (χ2n) is 6.30. The number of carbonyl (C=O) groups excluding carboxylic acids is 1. The second-order valence-corrected chi connectivity index (χ2v) is 6.30. The number of benzene rings is 1. The largest absolute Gasteiger partial charge is 0.351 e. The van der Waals surface area contributed by atoms with E-state index in [-0.39, 0.29) is 23.9 Å². The monoisotopic (exact) mass is 338 g/mol. The quantitative estimate of drug-likeness (QED) is 0.723. The molecule has 0 bridgehead atoms. The summed E-state index contributed by atoms with van der Waals surface area (Å²) in [6, 6.07) is 7.22. The Labute approximate surface area is 143 Å². The number of aromatic amines is 1. The van der Waals surface area contributed by atoms with Gasteiger partial charge in [-0.3, -0.25) is 9.59 Å². The van der Waals surface area contributed by atoms with Crippen molar-refractivity contribution < 1.29 is 4.79 Å². The van der Waals surface area contributed by atoms with E-state index in [1.807, 2.05) is 23.6 Å². The highest BCUT2D eigenvalue weighted by molar-refractivity contribution is 5.88. The molecule has 2 aromatic heterocycles. The number of amides is 1. The van der Waals surface area contributed by atoms with Crippen molar-refractivity contribution in [1.29, 1.82) is 0 Å². The number of carbonyl (C=O) groups is 1. The van der Waals surface area contributed by atoms with Crippen LogP contribution >= 0.6 is 0 Å². The van der Waals surface area contributed by atoms with Crippen LogP contribution in [0.3, 0.4) is 0 Å². The van der Waals surface area contributed by atoms with Gasteiger partial charge < -0.3 is 9.88 Å². The van der Waals surface area contributed by atoms with Gasteiger partial charge in [-0.15, -0.1) is 10.2 Å². The Morgan fingerprint density at radius 1 is 1.32 bits per heavy atom. The summed E-state index contributed by atoms with van der Waals surface area (Å²) < 4.78 is 2.04. The summed E-state index contributed by atoms with van der Waals surface area (Å²) in [5.74, 6) is 1.72. The molecule has 0 aliphatic carbocycles. The minimum atomic E-state index is -0.248. The third-order valence-electron chi connectivity index (χ3n) is 4.60. The van der Waals surface area contributed by atoms with Crippen molar-refractivity contribution in [3.63, 3.8) is 0 Å². The number of hydrogen-bond acceptors (Lipinski definition) is 5. The molecule has 0 spiro atoms. The van der Waals surface area contributed by atoms with Gasteiger partial charge in [0.1, 0.15) is 11.6 Å². The predicted molar refractivity (Wildman–Crippen MR) is 91.1 cm³/mol. The Bertz CT molecular complexity index is 1010. The number of rotatable bonds is 3. The minimum absolute atomic E-state index is 0.0451. The molecule has 1 atom stereocenters. The number of nitrogens with one attached hydrogen (secondary N) is 2. The van der Waals surface area contributed by atoms with Crippen molar-refractivity contribution in [2.24, 2.45) is 0 Å². The van der Waals surface area contributed by atoms with Crippen LogP contribution in [0.1, 0.15) is 23.8 Å². The first-order valence-corrected chi connectivity index (χ1v) is 8.26. The molecule has 2 N–H and O–H groups in total. The Hall–Kier alpha value is -3.03. The molecule has 0 radical (unpaired) electrons. The molecule has 4 rings (SSSR count). The van der Waals surface area contributed by atoms with E-state index in [1.54, 1.807) is 12.1 Å². The van der Waals surface area contributed by atoms with Gasteiger partial charge in [0, 0.05) is 24.4 Å². The number of fused-ring (bicyclic) bond motifs is 2. The molecule has 25 heavy (non-hydrogen) atoms. The minimum Gasteiger partial charge on any atom is -0.351 e. The van der Waals surface area contributed by atoms with E-state index >= 15 is 0 Å². The van der Waals surface area contributed by atoms with Crippen molar-refractivity contribution in [3.05, 3.63) is 52.0 Å². The smallest absolute Gasteiger partial charge is 0.272 e. The van der Waals surface area contributed by atoms with E-state index in [9.17, 15) is 9.59 Å². The second kappa shape index (κ2) is 6.12. The van der Waals surface area contributed by atoms with Gasteiger partial charge in [-0.25, -0.2) is 5.10 Å². The summed E-state index contributed by atoms with van der Waals surface area (Å²) in [6.07, 6.45) is 1.76. The maximum Gasteiger partial charge on any atom is 0.272 e. The zero-order valence-electron chi connectivity index (χ0n) is 13.8. The molecule has 1 amide bonds. The van der Waals surface area contributed by atoms with Crippen molar-refractivity contribution in [1.82, 2.24) is 30.3 Å². The topological polar surface area (TPSA) is 106 Å². The van der Waals surface area contributed by atoms with E-state index in [0.717, 1.165) is 24.5 Å². The molecular weight excluding hydrogens is 320 g/mol. The summed E-state index contributed by atoms with van der Waals surface area (Å²) >= 11 is 0. The molecule has 8 nitrogen and oxygen atoms in total. The number of H-pyrrole nitrogens is 1. The highest BCUT2D eigenvalue weighted by atomic mass is 16.1. The Kier molecular flexibility index (Phi) is 3.79. The Balaban J connectivity index is 1.49. The van der Waals surface area contributed by atoms with E-state index < -0.39 is 0 Å². The van der Waals surface area contributed by atoms with Crippen LogP contribution in [0.5, 0.6) is 0 Å². The Morgan fingerprint density at radius 2 is 2.12 bits per heavy atom. The summed E-state index contributed by atoms with van der Waals surface area (Å²) in [6.45, 7) is 2.59. The fourth-order valence-electron chi connectivity index (χ4n) is 3.32. The fourth-order valence-corrected chi connectivity index (χ4v) is 3.32. The summed E-state index contributed by atoms with van der Waals surface area (Å²) in [7, 11) is 0. The van der Waals surface area contributed by atoms with Crippen LogP contribution in [0.4, 0.5) is 0 Å². The zero-order valence-corrected chi connectivity index (χ0v) is 13.8. The third-order valence-corrected chi connectivity index (χ3v) is 4.60. The average Bonchev–Trinajstić information content (AvgIpc) is 2.98. The molecule has 0 saturated carbocycles. The van der Waals surface area contributed by atoms with Crippen LogP contribution in [0, 0.1) is 6.92 Å². The average molecular weight is 338 g/mol. The van der Waals surface area contributed by atoms with Gasteiger partial charge in [0.2, 0.25) is 5.91 Å². The van der Waals surface area contributed by atoms with Gasteiger partial charge in [-0.2, -0.15) is 5.10 Å². The maximum atomic E-state index is 12.5. The first kappa shape index (κ1) is 15.5. The van der Waals surface area contributed by atoms with Gasteiger partial charge in [-0.05, 0) is 19.4 Å². The van der Waals surface area contributed by atoms with E-state index in [1.165, 1.54) is 0 Å². The van der Waals surface area contributed by atoms with Gasteiger partial charge in [0.05, 0.1) is 17.5 Å². The van der Waals surface area contributed by atoms with Crippen molar-refractivity contribution in [2.75, 3.05) is 0 Å². The molecule has 1 aliphatic rings. The first-order chi connectivity index (χ1) is 12.1. The van der Waals surface area contributed by atoms with Gasteiger partial charge in [0.15, 0.2) is 0 Å². The molecule has 128 valence electrons. The van der Waals surface area contributed by atoms with E-state index in [2.05, 4.69) is 25.7 Å². The fraction of sp³-hybridized carbons (Fsp3) is 0.353. The molecule has 0 saturated heterocycles. The van der Waals surface area contributed by atoms with Crippen LogP contribution in [0.2, 0.25) is 0 Å². The van der Waals surface area contributed by atoms with E-state index in [4.69, 9.17) is 0 Å². The summed E-state index contributed by atoms with van der Waals surface area (Å²) in [5.41, 5.74) is 0.326. The molecule has 3 heterocycles. The lowest BCUT2D eigenvalue weighted by atomic mass is 10.1. The third kappa shape index (κ3) is 2.90. The lowest BCUT2D eigenvalue weighted by Crippen LogP contribution is -2.42. The number of aromatic nitrogens is 5. The van der Waals surface area contributed by atoms with Gasteiger partial charge >= 0.3 is 0 Å². The number of aryl methyl sites for hydroxylation is 2. The molecular formula is C17H18N6O2. The summed E-state index contributed by atoms with van der Waals surface area (Å²) in [5, 5.41) is 19.0. The zero-order chi connectivity index (χ0) is 17.4. The predicted octanol–water partition coefficient (Wildman–Crippen LogP) is 0.497. The Morgan fingerprint density at radius 3 is 2.96 bits per heavy atom. The van der Waals surface area contributed by atoms with Crippen LogP contribution in [-0.4, -0.2) is 36.9 Å². The van der Waals surface area contributed by atoms with Gasteiger partial charge in [-0.1, -0.05) is 18.2 Å². The first-order valence-electron chi connectivity index (χ1n) is 8.26. The highest BCUT2D eigenvalue weighted by Gasteiger charge is 2.23. The molecule has 0 fully saturated rings. The SMILES string of the molecule is Cc1nnc2n1CC(NC(=O)Cc1n[nH]c(=O)c3ccccc13)CC2. The lowest BCUT2D eigenvalue weighted by Gasteiger charge is -2.24. The number of hydrogen-bond donors (Lipinski definition) is 2. The highest BCUT2D eigenvalue weighted by Crippen LogP contribution is 2.16. The molecule has 1 aliphatic heterocycles. The number of nitrogens with zero attached hydrogens (tertiary/aromatic N) is 4.